The zero-order valence-electron chi connectivity index (χ0n) is 9.39. The summed E-state index contributed by atoms with van der Waals surface area (Å²) < 4.78 is 1.97. The highest BCUT2D eigenvalue weighted by atomic mass is 16.1. The highest BCUT2D eigenvalue weighted by Gasteiger charge is 2.06. The minimum atomic E-state index is -0.132. The Hall–Kier alpha value is -2.24. The number of aromatic nitrogens is 3. The van der Waals surface area contributed by atoms with E-state index in [2.05, 4.69) is 15.3 Å². The summed E-state index contributed by atoms with van der Waals surface area (Å²) in [4.78, 5) is 18.4. The minimum Gasteiger partial charge on any atom is -0.397 e. The molecule has 2 heterocycles. The zero-order chi connectivity index (χ0) is 12.1. The maximum absolute atomic E-state index is 11.6. The predicted octanol–water partition coefficient (Wildman–Crippen LogP) is 0.613. The van der Waals surface area contributed by atoms with E-state index in [1.807, 2.05) is 10.8 Å². The van der Waals surface area contributed by atoms with Crippen molar-refractivity contribution in [2.75, 3.05) is 12.3 Å². The topological polar surface area (TPSA) is 88.7 Å². The number of rotatable bonds is 5. The number of nitrogen functional groups attached to an aromatic ring is 1. The third-order valence-corrected chi connectivity index (χ3v) is 2.39. The summed E-state index contributed by atoms with van der Waals surface area (Å²) in [6, 6.07) is 1.62. The summed E-state index contributed by atoms with van der Waals surface area (Å²) in [6.45, 7) is 1.46. The van der Waals surface area contributed by atoms with Crippen molar-refractivity contribution in [2.45, 2.75) is 13.0 Å². The van der Waals surface area contributed by atoms with Crippen LogP contribution < -0.4 is 11.1 Å². The van der Waals surface area contributed by atoms with E-state index in [1.54, 1.807) is 24.8 Å². The van der Waals surface area contributed by atoms with Crippen LogP contribution in [0.5, 0.6) is 0 Å². The normalized spacial score (nSPS) is 10.4. The van der Waals surface area contributed by atoms with Gasteiger partial charge in [-0.05, 0) is 12.5 Å². The fourth-order valence-corrected chi connectivity index (χ4v) is 1.52. The number of imidazole rings is 1. The highest BCUT2D eigenvalue weighted by Crippen LogP contribution is 2.03. The monoisotopic (exact) mass is 233 g/mol. The van der Waals surface area contributed by atoms with E-state index in [0.717, 1.165) is 13.0 Å². The van der Waals surface area contributed by atoms with Crippen molar-refractivity contribution in [1.82, 2.24) is 19.9 Å². The van der Waals surface area contributed by atoms with Crippen molar-refractivity contribution in [3.63, 3.8) is 0 Å². The van der Waals surface area contributed by atoms with E-state index in [1.165, 1.54) is 0 Å². The van der Waals surface area contributed by atoms with E-state index < -0.39 is 0 Å². The molecule has 0 radical (unpaired) electrons. The Balaban J connectivity index is 1.70. The average Bonchev–Trinajstić information content (AvgIpc) is 2.95. The second-order valence-corrected chi connectivity index (χ2v) is 3.76. The second-order valence-electron chi connectivity index (χ2n) is 3.76. The van der Waals surface area contributed by atoms with Gasteiger partial charge in [-0.2, -0.15) is 0 Å². The van der Waals surface area contributed by atoms with Gasteiger partial charge < -0.3 is 20.6 Å². The van der Waals surface area contributed by atoms with Gasteiger partial charge >= 0.3 is 0 Å². The van der Waals surface area contributed by atoms with Crippen molar-refractivity contribution >= 4 is 11.6 Å². The molecule has 1 amide bonds. The lowest BCUT2D eigenvalue weighted by atomic mass is 10.3. The number of nitrogens with two attached hydrogens (primary N) is 1. The molecular weight excluding hydrogens is 218 g/mol. The number of aromatic amines is 1. The predicted molar refractivity (Wildman–Crippen MR) is 64.4 cm³/mol. The van der Waals surface area contributed by atoms with Crippen molar-refractivity contribution < 1.29 is 4.79 Å². The van der Waals surface area contributed by atoms with Crippen LogP contribution in [0.2, 0.25) is 0 Å². The summed E-state index contributed by atoms with van der Waals surface area (Å²) in [5, 5.41) is 2.82. The van der Waals surface area contributed by atoms with Crippen LogP contribution in [0.4, 0.5) is 5.69 Å². The number of anilines is 1. The van der Waals surface area contributed by atoms with Gasteiger partial charge in [0.15, 0.2) is 0 Å². The van der Waals surface area contributed by atoms with Crippen LogP contribution in [0.15, 0.2) is 31.0 Å². The molecule has 0 aliphatic carbocycles. The van der Waals surface area contributed by atoms with Gasteiger partial charge in [-0.3, -0.25) is 4.79 Å². The molecule has 0 aromatic carbocycles. The van der Waals surface area contributed by atoms with Gasteiger partial charge in [-0.25, -0.2) is 4.98 Å². The smallest absolute Gasteiger partial charge is 0.267 e. The minimum absolute atomic E-state index is 0.132. The first-order chi connectivity index (χ1) is 8.25. The van der Waals surface area contributed by atoms with Gasteiger partial charge in [0, 0.05) is 37.4 Å². The Morgan fingerprint density at radius 1 is 1.59 bits per heavy atom. The number of hydrogen-bond donors (Lipinski definition) is 3. The summed E-state index contributed by atoms with van der Waals surface area (Å²) in [5.74, 6) is -0.132. The molecule has 0 saturated heterocycles. The molecule has 17 heavy (non-hydrogen) atoms. The number of hydrogen-bond acceptors (Lipinski definition) is 3. The summed E-state index contributed by atoms with van der Waals surface area (Å²) >= 11 is 0. The maximum Gasteiger partial charge on any atom is 0.267 e. The van der Waals surface area contributed by atoms with Crippen LogP contribution in [0.1, 0.15) is 16.9 Å². The molecule has 90 valence electrons. The number of H-pyrrole nitrogens is 1. The Morgan fingerprint density at radius 2 is 2.47 bits per heavy atom. The van der Waals surface area contributed by atoms with Crippen molar-refractivity contribution in [3.05, 3.63) is 36.7 Å². The number of carbonyl (C=O) groups excluding carboxylic acids is 1. The molecule has 0 aliphatic heterocycles. The Morgan fingerprint density at radius 3 is 3.12 bits per heavy atom. The summed E-state index contributed by atoms with van der Waals surface area (Å²) in [6.07, 6.45) is 7.85. The largest absolute Gasteiger partial charge is 0.397 e. The maximum atomic E-state index is 11.6. The molecule has 0 aliphatic rings. The lowest BCUT2D eigenvalue weighted by Crippen LogP contribution is -2.25. The quantitative estimate of drug-likeness (QED) is 0.661. The van der Waals surface area contributed by atoms with Gasteiger partial charge in [0.2, 0.25) is 0 Å². The number of nitrogens with zero attached hydrogens (tertiary/aromatic N) is 2. The Labute approximate surface area is 98.8 Å². The van der Waals surface area contributed by atoms with E-state index >= 15 is 0 Å². The van der Waals surface area contributed by atoms with Crippen LogP contribution >= 0.6 is 0 Å². The first kappa shape index (κ1) is 11.3. The van der Waals surface area contributed by atoms with Crippen molar-refractivity contribution in [3.8, 4) is 0 Å². The number of nitrogens with one attached hydrogen (secondary N) is 2. The number of carbonyl (C=O) groups is 1. The molecule has 0 fully saturated rings. The molecule has 2 aromatic heterocycles. The summed E-state index contributed by atoms with van der Waals surface area (Å²) in [7, 11) is 0. The van der Waals surface area contributed by atoms with Crippen LogP contribution in [-0.4, -0.2) is 27.0 Å². The van der Waals surface area contributed by atoms with Crippen LogP contribution in [-0.2, 0) is 6.54 Å². The van der Waals surface area contributed by atoms with Crippen LogP contribution in [0, 0.1) is 0 Å². The lowest BCUT2D eigenvalue weighted by Gasteiger charge is -2.04. The summed E-state index contributed by atoms with van der Waals surface area (Å²) in [5.41, 5.74) is 6.57. The number of aryl methyl sites for hydroxylation is 1. The fraction of sp³-hybridized carbons (Fsp3) is 0.273. The molecule has 2 aromatic rings. The van der Waals surface area contributed by atoms with E-state index in [9.17, 15) is 4.79 Å². The second kappa shape index (κ2) is 5.20. The molecule has 0 bridgehead atoms. The van der Waals surface area contributed by atoms with Gasteiger partial charge in [-0.1, -0.05) is 0 Å². The van der Waals surface area contributed by atoms with Crippen molar-refractivity contribution in [1.29, 1.82) is 0 Å². The molecule has 0 spiro atoms. The van der Waals surface area contributed by atoms with Crippen LogP contribution in [0.25, 0.3) is 0 Å². The molecule has 6 heteroatoms. The third-order valence-electron chi connectivity index (χ3n) is 2.39. The van der Waals surface area contributed by atoms with Gasteiger partial charge in [0.05, 0.1) is 6.33 Å². The number of amides is 1. The molecule has 0 unspecified atom stereocenters. The first-order valence-electron chi connectivity index (χ1n) is 5.43. The van der Waals surface area contributed by atoms with Gasteiger partial charge in [0.25, 0.3) is 5.91 Å². The fourth-order valence-electron chi connectivity index (χ4n) is 1.52. The zero-order valence-corrected chi connectivity index (χ0v) is 9.39. The Bertz CT molecular complexity index is 474. The molecule has 2 rings (SSSR count). The molecule has 0 atom stereocenters. The van der Waals surface area contributed by atoms with E-state index in [-0.39, 0.29) is 5.91 Å². The molecule has 4 N–H and O–H groups in total. The third kappa shape index (κ3) is 3.10. The lowest BCUT2D eigenvalue weighted by molar-refractivity contribution is 0.0948. The van der Waals surface area contributed by atoms with E-state index in [4.69, 9.17) is 5.73 Å². The average molecular weight is 233 g/mol. The SMILES string of the molecule is Nc1c[nH]c(C(=O)NCCCn2ccnc2)c1. The highest BCUT2D eigenvalue weighted by molar-refractivity contribution is 5.93. The first-order valence-corrected chi connectivity index (χ1v) is 5.43. The van der Waals surface area contributed by atoms with Crippen molar-refractivity contribution in [2.24, 2.45) is 0 Å². The molecule has 0 saturated carbocycles. The molecule has 6 nitrogen and oxygen atoms in total. The van der Waals surface area contributed by atoms with Gasteiger partial charge in [0.1, 0.15) is 5.69 Å². The Kier molecular flexibility index (Phi) is 3.44. The van der Waals surface area contributed by atoms with Crippen LogP contribution in [0.3, 0.4) is 0 Å². The van der Waals surface area contributed by atoms with Gasteiger partial charge in [-0.15, -0.1) is 0 Å². The molecular formula is C11H15N5O. The standard InChI is InChI=1S/C11H15N5O/c12-9-6-10(15-7-9)11(17)14-2-1-4-16-5-3-13-8-16/h3,5-8,15H,1-2,4,12H2,(H,14,17). The van der Waals surface area contributed by atoms with E-state index in [0.29, 0.717) is 17.9 Å².